The van der Waals surface area contributed by atoms with E-state index in [1.54, 1.807) is 47.4 Å². The van der Waals surface area contributed by atoms with Crippen LogP contribution in [0.2, 0.25) is 5.02 Å². The van der Waals surface area contributed by atoms with Crippen LogP contribution in [0.25, 0.3) is 33.2 Å². The topological polar surface area (TPSA) is 174 Å². The van der Waals surface area contributed by atoms with E-state index in [-0.39, 0.29) is 37.5 Å². The van der Waals surface area contributed by atoms with Crippen molar-refractivity contribution in [3.05, 3.63) is 136 Å². The Bertz CT molecular complexity index is 2470. The standard InChI is InChI=1S/C43H39ClFN7O5/c44-37-14-30(20-49-38(24-53)43(55)56)40(57-25-28-13-27(16-46)18-47-19-28)15-31(37)23-52-39-6-2-4-34(36(39)22-50-52)35-5-1-3-33(42(35)45)29-9-7-26(8-10-29)17-48-21-32-11-12-41(54)51-32/h1-10,13-15,18-19,22,32,38,48-49,53H,11-12,17,20-21,23-25H2,(H,51,54)(H,55,56)/t32-,38-/m0/s1. The van der Waals surface area contributed by atoms with Gasteiger partial charge in [0.05, 0.1) is 30.4 Å². The number of carbonyl (C=O) groups is 2. The smallest absolute Gasteiger partial charge is 0.323 e. The summed E-state index contributed by atoms with van der Waals surface area (Å²) in [5, 5.41) is 43.2. The van der Waals surface area contributed by atoms with Crippen LogP contribution in [0.3, 0.4) is 0 Å². The average Bonchev–Trinajstić information content (AvgIpc) is 3.84. The normalized spacial score (nSPS) is 14.4. The highest BCUT2D eigenvalue weighted by Gasteiger charge is 2.21. The lowest BCUT2D eigenvalue weighted by Gasteiger charge is -2.18. The second-order valence-electron chi connectivity index (χ2n) is 13.8. The van der Waals surface area contributed by atoms with Crippen molar-refractivity contribution < 1.29 is 28.9 Å². The third kappa shape index (κ3) is 9.12. The van der Waals surface area contributed by atoms with Gasteiger partial charge in [0.15, 0.2) is 0 Å². The average molecular weight is 788 g/mol. The first-order valence-corrected chi connectivity index (χ1v) is 18.8. The molecule has 1 aliphatic heterocycles. The van der Waals surface area contributed by atoms with Crippen molar-refractivity contribution >= 4 is 34.4 Å². The third-order valence-corrected chi connectivity index (χ3v) is 10.3. The molecule has 4 aromatic carbocycles. The van der Waals surface area contributed by atoms with Gasteiger partial charge in [-0.3, -0.25) is 24.6 Å². The number of halogens is 2. The van der Waals surface area contributed by atoms with Gasteiger partial charge in [-0.05, 0) is 52.9 Å². The lowest BCUT2D eigenvalue weighted by atomic mass is 9.95. The minimum absolute atomic E-state index is 0.0335. The zero-order chi connectivity index (χ0) is 39.9. The van der Waals surface area contributed by atoms with Crippen LogP contribution >= 0.6 is 11.6 Å². The molecule has 2 aromatic heterocycles. The number of rotatable bonds is 16. The number of aliphatic carboxylic acids is 1. The summed E-state index contributed by atoms with van der Waals surface area (Å²) in [5.74, 6) is -1.05. The van der Waals surface area contributed by atoms with E-state index in [1.165, 1.54) is 6.20 Å². The van der Waals surface area contributed by atoms with E-state index >= 15 is 4.39 Å². The molecule has 12 nitrogen and oxygen atoms in total. The first kappa shape index (κ1) is 39.1. The van der Waals surface area contributed by atoms with Gasteiger partial charge in [-0.2, -0.15) is 10.4 Å². The highest BCUT2D eigenvalue weighted by Crippen LogP contribution is 2.36. The van der Waals surface area contributed by atoms with E-state index < -0.39 is 18.6 Å². The molecule has 7 rings (SSSR count). The summed E-state index contributed by atoms with van der Waals surface area (Å²) in [7, 11) is 0. The summed E-state index contributed by atoms with van der Waals surface area (Å²) >= 11 is 6.82. The summed E-state index contributed by atoms with van der Waals surface area (Å²) in [6.07, 6.45) is 6.14. The molecular formula is C43H39ClFN7O5. The largest absolute Gasteiger partial charge is 0.489 e. The van der Waals surface area contributed by atoms with Crippen molar-refractivity contribution in [2.45, 2.75) is 51.2 Å². The second kappa shape index (κ2) is 17.7. The monoisotopic (exact) mass is 787 g/mol. The van der Waals surface area contributed by atoms with Crippen LogP contribution in [-0.4, -0.2) is 62.1 Å². The Balaban J connectivity index is 1.12. The molecule has 290 valence electrons. The van der Waals surface area contributed by atoms with Crippen LogP contribution < -0.4 is 20.7 Å². The molecule has 0 saturated carbocycles. The van der Waals surface area contributed by atoms with Crippen LogP contribution in [0, 0.1) is 17.1 Å². The molecule has 1 saturated heterocycles. The van der Waals surface area contributed by atoms with E-state index in [0.717, 1.165) is 28.5 Å². The Kier molecular flexibility index (Phi) is 12.2. The van der Waals surface area contributed by atoms with Gasteiger partial charge in [0.2, 0.25) is 5.91 Å². The minimum Gasteiger partial charge on any atom is -0.489 e. The maximum Gasteiger partial charge on any atom is 0.323 e. The molecule has 1 fully saturated rings. The molecule has 0 aliphatic carbocycles. The summed E-state index contributed by atoms with van der Waals surface area (Å²) in [6, 6.07) is 24.9. The number of nitriles is 1. The Morgan fingerprint density at radius 3 is 2.56 bits per heavy atom. The second-order valence-corrected chi connectivity index (χ2v) is 14.2. The lowest BCUT2D eigenvalue weighted by Crippen LogP contribution is -2.39. The third-order valence-electron chi connectivity index (χ3n) is 9.93. The number of fused-ring (bicyclic) bond motifs is 1. The van der Waals surface area contributed by atoms with Crippen molar-refractivity contribution in [3.8, 4) is 34.1 Å². The Hall–Kier alpha value is -6.17. The van der Waals surface area contributed by atoms with Crippen molar-refractivity contribution in [2.75, 3.05) is 13.2 Å². The molecule has 14 heteroatoms. The summed E-state index contributed by atoms with van der Waals surface area (Å²) in [6.45, 7) is 1.06. The van der Waals surface area contributed by atoms with Gasteiger partial charge in [0.1, 0.15) is 30.3 Å². The summed E-state index contributed by atoms with van der Waals surface area (Å²) < 4.78 is 24.4. The highest BCUT2D eigenvalue weighted by atomic mass is 35.5. The number of nitrogens with zero attached hydrogens (tertiary/aromatic N) is 4. The minimum atomic E-state index is -1.20. The maximum absolute atomic E-state index is 16.4. The first-order valence-electron chi connectivity index (χ1n) is 18.4. The van der Waals surface area contributed by atoms with Gasteiger partial charge in [0, 0.05) is 77.2 Å². The summed E-state index contributed by atoms with van der Waals surface area (Å²) in [5.41, 5.74) is 6.39. The molecule has 5 N–H and O–H groups in total. The van der Waals surface area contributed by atoms with Gasteiger partial charge in [-0.15, -0.1) is 0 Å². The number of aliphatic hydroxyl groups is 1. The molecule has 57 heavy (non-hydrogen) atoms. The van der Waals surface area contributed by atoms with Crippen molar-refractivity contribution in [3.63, 3.8) is 0 Å². The number of benzene rings is 4. The van der Waals surface area contributed by atoms with Gasteiger partial charge < -0.3 is 25.6 Å². The number of carbonyl (C=O) groups excluding carboxylic acids is 1. The Labute approximate surface area is 332 Å². The number of aliphatic hydroxyl groups excluding tert-OH is 1. The number of ether oxygens (including phenoxy) is 1. The molecular weight excluding hydrogens is 749 g/mol. The van der Waals surface area contributed by atoms with Crippen LogP contribution in [0.4, 0.5) is 4.39 Å². The number of amides is 1. The maximum atomic E-state index is 16.4. The summed E-state index contributed by atoms with van der Waals surface area (Å²) in [4.78, 5) is 27.1. The molecule has 2 atom stereocenters. The quantitative estimate of drug-likeness (QED) is 0.0788. The van der Waals surface area contributed by atoms with Crippen molar-refractivity contribution in [1.82, 2.24) is 30.7 Å². The van der Waals surface area contributed by atoms with Crippen molar-refractivity contribution in [1.29, 1.82) is 5.26 Å². The number of carboxylic acid groups (broad SMARTS) is 1. The van der Waals surface area contributed by atoms with Gasteiger partial charge in [-0.1, -0.05) is 66.2 Å². The van der Waals surface area contributed by atoms with Gasteiger partial charge >= 0.3 is 5.97 Å². The molecule has 0 bridgehead atoms. The SMILES string of the molecule is N#Cc1cncc(COc2cc(Cn3ncc4c(-c5cccc(-c6ccc(CNC[C@@H]7CCC(=O)N7)cc6)c5F)cccc43)c(Cl)cc2CN[C@@H](CO)C(=O)O)c1. The number of nitrogens with one attached hydrogen (secondary N) is 3. The fourth-order valence-corrected chi connectivity index (χ4v) is 7.14. The van der Waals surface area contributed by atoms with Crippen LogP contribution in [-0.2, 0) is 35.8 Å². The Morgan fingerprint density at radius 1 is 1.02 bits per heavy atom. The van der Waals surface area contributed by atoms with Crippen molar-refractivity contribution in [2.24, 2.45) is 0 Å². The molecule has 0 spiro atoms. The number of aromatic nitrogens is 3. The predicted molar refractivity (Wildman–Crippen MR) is 213 cm³/mol. The van der Waals surface area contributed by atoms with Crippen LogP contribution in [0.5, 0.6) is 5.75 Å². The van der Waals surface area contributed by atoms with E-state index in [2.05, 4.69) is 32.1 Å². The zero-order valence-corrected chi connectivity index (χ0v) is 31.5. The van der Waals surface area contributed by atoms with E-state index in [1.807, 2.05) is 48.5 Å². The first-order chi connectivity index (χ1) is 27.7. The number of carboxylic acids is 1. The molecule has 3 heterocycles. The van der Waals surface area contributed by atoms with E-state index in [9.17, 15) is 25.1 Å². The molecule has 1 aliphatic rings. The highest BCUT2D eigenvalue weighted by molar-refractivity contribution is 6.31. The van der Waals surface area contributed by atoms with E-state index in [0.29, 0.717) is 69.2 Å². The lowest BCUT2D eigenvalue weighted by molar-refractivity contribution is -0.140. The van der Waals surface area contributed by atoms with Crippen LogP contribution in [0.1, 0.15) is 40.7 Å². The van der Waals surface area contributed by atoms with Gasteiger partial charge in [-0.25, -0.2) is 4.39 Å². The van der Waals surface area contributed by atoms with Crippen LogP contribution in [0.15, 0.2) is 97.5 Å². The van der Waals surface area contributed by atoms with Gasteiger partial charge in [0.25, 0.3) is 0 Å². The molecule has 0 radical (unpaired) electrons. The molecule has 0 unspecified atom stereocenters. The fraction of sp³-hybridized carbons (Fsp3) is 0.233. The predicted octanol–water partition coefficient (Wildman–Crippen LogP) is 5.96. The Morgan fingerprint density at radius 2 is 1.81 bits per heavy atom. The number of hydrogen-bond acceptors (Lipinski definition) is 9. The van der Waals surface area contributed by atoms with E-state index in [4.69, 9.17) is 16.3 Å². The molecule has 6 aromatic rings. The zero-order valence-electron chi connectivity index (χ0n) is 30.7. The number of pyridine rings is 1. The molecule has 1 amide bonds. The number of hydrogen-bond donors (Lipinski definition) is 5. The fourth-order valence-electron chi connectivity index (χ4n) is 6.89.